The number of halogens is 1. The summed E-state index contributed by atoms with van der Waals surface area (Å²) in [5.41, 5.74) is 0.838. The number of hydrogen-bond acceptors (Lipinski definition) is 2. The molecule has 1 fully saturated rings. The van der Waals surface area contributed by atoms with Crippen molar-refractivity contribution < 1.29 is 9.18 Å². The molecular weight excluding hydrogens is 231 g/mol. The number of rotatable bonds is 5. The summed E-state index contributed by atoms with van der Waals surface area (Å²) in [5, 5.41) is 6.14. The van der Waals surface area contributed by atoms with Crippen LogP contribution < -0.4 is 10.6 Å². The van der Waals surface area contributed by atoms with Gasteiger partial charge in [-0.15, -0.1) is 0 Å². The maximum atomic E-state index is 12.7. The van der Waals surface area contributed by atoms with Gasteiger partial charge >= 0.3 is 0 Å². The van der Waals surface area contributed by atoms with Crippen molar-refractivity contribution in [1.29, 1.82) is 0 Å². The smallest absolute Gasteiger partial charge is 0.221 e. The van der Waals surface area contributed by atoms with E-state index in [1.165, 1.54) is 25.0 Å². The third-order valence-electron chi connectivity index (χ3n) is 3.25. The van der Waals surface area contributed by atoms with E-state index in [2.05, 4.69) is 10.6 Å². The monoisotopic (exact) mass is 250 g/mol. The number of benzene rings is 1. The number of anilines is 1. The van der Waals surface area contributed by atoms with Crippen LogP contribution in [0.2, 0.25) is 0 Å². The summed E-state index contributed by atoms with van der Waals surface area (Å²) in [5.74, 6) is -0.156. The molecule has 0 atom stereocenters. The SMILES string of the molecule is O=C(CCNc1ccc(F)cc1)NC1CCCC1. The van der Waals surface area contributed by atoms with Crippen molar-refractivity contribution in [1.82, 2.24) is 5.32 Å². The molecule has 0 bridgehead atoms. The molecule has 0 aliphatic heterocycles. The fraction of sp³-hybridized carbons (Fsp3) is 0.500. The Kier molecular flexibility index (Phi) is 4.56. The van der Waals surface area contributed by atoms with Gasteiger partial charge in [0.15, 0.2) is 0 Å². The number of carbonyl (C=O) groups is 1. The van der Waals surface area contributed by atoms with E-state index in [4.69, 9.17) is 0 Å². The predicted molar refractivity (Wildman–Crippen MR) is 69.9 cm³/mol. The van der Waals surface area contributed by atoms with Gasteiger partial charge in [-0.3, -0.25) is 4.79 Å². The lowest BCUT2D eigenvalue weighted by Gasteiger charge is -2.12. The van der Waals surface area contributed by atoms with Gasteiger partial charge in [0.2, 0.25) is 5.91 Å². The van der Waals surface area contributed by atoms with Gasteiger partial charge < -0.3 is 10.6 Å². The van der Waals surface area contributed by atoms with E-state index in [0.717, 1.165) is 18.5 Å². The molecule has 1 aromatic carbocycles. The molecule has 0 spiro atoms. The number of carbonyl (C=O) groups excluding carboxylic acids is 1. The highest BCUT2D eigenvalue weighted by atomic mass is 19.1. The van der Waals surface area contributed by atoms with E-state index in [1.54, 1.807) is 12.1 Å². The lowest BCUT2D eigenvalue weighted by atomic mass is 10.2. The molecule has 1 aliphatic carbocycles. The summed E-state index contributed by atoms with van der Waals surface area (Å²) < 4.78 is 12.7. The fourth-order valence-electron chi connectivity index (χ4n) is 2.26. The Morgan fingerprint density at radius 1 is 1.22 bits per heavy atom. The lowest BCUT2D eigenvalue weighted by molar-refractivity contribution is -0.121. The van der Waals surface area contributed by atoms with Crippen molar-refractivity contribution in [3.8, 4) is 0 Å². The maximum absolute atomic E-state index is 12.7. The van der Waals surface area contributed by atoms with E-state index in [-0.39, 0.29) is 11.7 Å². The molecule has 2 N–H and O–H groups in total. The molecule has 0 heterocycles. The first-order valence-electron chi connectivity index (χ1n) is 6.53. The highest BCUT2D eigenvalue weighted by Crippen LogP contribution is 2.17. The van der Waals surface area contributed by atoms with E-state index in [1.807, 2.05) is 0 Å². The van der Waals surface area contributed by atoms with Gasteiger partial charge in [0.1, 0.15) is 5.82 Å². The molecule has 1 aromatic rings. The second kappa shape index (κ2) is 6.38. The Morgan fingerprint density at radius 3 is 2.56 bits per heavy atom. The lowest BCUT2D eigenvalue weighted by Crippen LogP contribution is -2.33. The molecule has 0 aromatic heterocycles. The molecule has 4 heteroatoms. The topological polar surface area (TPSA) is 41.1 Å². The van der Waals surface area contributed by atoms with Gasteiger partial charge in [0.25, 0.3) is 0 Å². The van der Waals surface area contributed by atoms with Crippen LogP contribution in [0.1, 0.15) is 32.1 Å². The molecule has 0 saturated heterocycles. The highest BCUT2D eigenvalue weighted by Gasteiger charge is 2.16. The minimum atomic E-state index is -0.250. The first-order chi connectivity index (χ1) is 8.74. The second-order valence-corrected chi connectivity index (χ2v) is 4.73. The van der Waals surface area contributed by atoms with Crippen LogP contribution >= 0.6 is 0 Å². The van der Waals surface area contributed by atoms with Gasteiger partial charge in [0, 0.05) is 24.7 Å². The van der Waals surface area contributed by atoms with Crippen LogP contribution in [-0.2, 0) is 4.79 Å². The molecule has 98 valence electrons. The summed E-state index contributed by atoms with van der Waals surface area (Å²) in [6.45, 7) is 0.574. The molecule has 18 heavy (non-hydrogen) atoms. The van der Waals surface area contributed by atoms with E-state index in [0.29, 0.717) is 19.0 Å². The third-order valence-corrected chi connectivity index (χ3v) is 3.25. The minimum Gasteiger partial charge on any atom is -0.385 e. The normalized spacial score (nSPS) is 15.6. The van der Waals surface area contributed by atoms with Crippen molar-refractivity contribution in [2.75, 3.05) is 11.9 Å². The molecule has 3 nitrogen and oxygen atoms in total. The highest BCUT2D eigenvalue weighted by molar-refractivity contribution is 5.76. The van der Waals surface area contributed by atoms with Gasteiger partial charge in [-0.25, -0.2) is 4.39 Å². The average molecular weight is 250 g/mol. The van der Waals surface area contributed by atoms with Gasteiger partial charge in [-0.2, -0.15) is 0 Å². The van der Waals surface area contributed by atoms with Crippen LogP contribution in [0.5, 0.6) is 0 Å². The quantitative estimate of drug-likeness (QED) is 0.843. The minimum absolute atomic E-state index is 0.0940. The standard InChI is InChI=1S/C14H19FN2O/c15-11-5-7-12(8-6-11)16-10-9-14(18)17-13-3-1-2-4-13/h5-8,13,16H,1-4,9-10H2,(H,17,18). The van der Waals surface area contributed by atoms with E-state index < -0.39 is 0 Å². The van der Waals surface area contributed by atoms with Crippen molar-refractivity contribution >= 4 is 11.6 Å². The molecule has 1 saturated carbocycles. The number of amides is 1. The van der Waals surface area contributed by atoms with E-state index in [9.17, 15) is 9.18 Å². The van der Waals surface area contributed by atoms with Gasteiger partial charge in [0.05, 0.1) is 0 Å². The fourth-order valence-corrected chi connectivity index (χ4v) is 2.26. The van der Waals surface area contributed by atoms with Gasteiger partial charge in [-0.05, 0) is 37.1 Å². The van der Waals surface area contributed by atoms with E-state index >= 15 is 0 Å². The van der Waals surface area contributed by atoms with Crippen molar-refractivity contribution in [3.63, 3.8) is 0 Å². The Morgan fingerprint density at radius 2 is 1.89 bits per heavy atom. The maximum Gasteiger partial charge on any atom is 0.221 e. The van der Waals surface area contributed by atoms with Crippen LogP contribution in [0.15, 0.2) is 24.3 Å². The van der Waals surface area contributed by atoms with Crippen LogP contribution in [0.25, 0.3) is 0 Å². The zero-order valence-electron chi connectivity index (χ0n) is 10.4. The molecule has 1 amide bonds. The largest absolute Gasteiger partial charge is 0.385 e. The Labute approximate surface area is 107 Å². The molecule has 1 aliphatic rings. The zero-order valence-corrected chi connectivity index (χ0v) is 10.4. The number of hydrogen-bond donors (Lipinski definition) is 2. The van der Waals surface area contributed by atoms with Crippen LogP contribution in [-0.4, -0.2) is 18.5 Å². The van der Waals surface area contributed by atoms with Crippen molar-refractivity contribution in [3.05, 3.63) is 30.1 Å². The Hall–Kier alpha value is -1.58. The predicted octanol–water partition coefficient (Wildman–Crippen LogP) is 2.69. The van der Waals surface area contributed by atoms with Crippen LogP contribution in [0, 0.1) is 5.82 Å². The van der Waals surface area contributed by atoms with Crippen LogP contribution in [0.4, 0.5) is 10.1 Å². The summed E-state index contributed by atoms with van der Waals surface area (Å²) in [7, 11) is 0. The summed E-state index contributed by atoms with van der Waals surface area (Å²) >= 11 is 0. The molecule has 0 radical (unpaired) electrons. The first-order valence-corrected chi connectivity index (χ1v) is 6.53. The zero-order chi connectivity index (χ0) is 12.8. The molecule has 0 unspecified atom stereocenters. The second-order valence-electron chi connectivity index (χ2n) is 4.73. The first kappa shape index (κ1) is 12.9. The Balaban J connectivity index is 1.65. The average Bonchev–Trinajstić information content (AvgIpc) is 2.84. The molecular formula is C14H19FN2O. The molecule has 2 rings (SSSR count). The Bertz CT molecular complexity index is 385. The van der Waals surface area contributed by atoms with Crippen molar-refractivity contribution in [2.45, 2.75) is 38.1 Å². The third kappa shape index (κ3) is 4.02. The summed E-state index contributed by atoms with van der Waals surface area (Å²) in [6.07, 6.45) is 5.11. The van der Waals surface area contributed by atoms with Crippen molar-refractivity contribution in [2.24, 2.45) is 0 Å². The number of nitrogens with one attached hydrogen (secondary N) is 2. The summed E-state index contributed by atoms with van der Waals surface area (Å²) in [6, 6.07) is 6.53. The van der Waals surface area contributed by atoms with Gasteiger partial charge in [-0.1, -0.05) is 12.8 Å². The summed E-state index contributed by atoms with van der Waals surface area (Å²) in [4.78, 5) is 11.6. The van der Waals surface area contributed by atoms with Crippen LogP contribution in [0.3, 0.4) is 0 Å².